The molecule has 7 heteroatoms. The van der Waals surface area contributed by atoms with E-state index in [0.29, 0.717) is 5.56 Å². The van der Waals surface area contributed by atoms with Gasteiger partial charge in [-0.3, -0.25) is 14.4 Å². The molecule has 1 fully saturated rings. The number of carbonyl (C=O) groups is 3. The van der Waals surface area contributed by atoms with Crippen LogP contribution in [0.4, 0.5) is 0 Å². The molecule has 1 aliphatic carbocycles. The Bertz CT molecular complexity index is 682. The van der Waals surface area contributed by atoms with Crippen LogP contribution in [0.25, 0.3) is 0 Å². The molecule has 0 spiro atoms. The number of halogens is 1. The van der Waals surface area contributed by atoms with Gasteiger partial charge in [0, 0.05) is 16.8 Å². The standard InChI is InChI=1S/C19H23BrO6/c1-4-25-17(22)15-13(21)10-19(3,24)16(18(23)26-5-2)14(15)11-6-8-12(20)9-7-11/h6-9,14-16,24H,4-5,10H2,1-3H3/t14-,15+,16-,19-/m0/s1. The fraction of sp³-hybridized carbons (Fsp3) is 0.526. The average Bonchev–Trinajstić information content (AvgIpc) is 2.54. The highest BCUT2D eigenvalue weighted by Crippen LogP contribution is 2.46. The molecule has 0 aromatic heterocycles. The number of rotatable bonds is 5. The number of aliphatic hydroxyl groups is 1. The number of hydrogen-bond donors (Lipinski definition) is 1. The minimum Gasteiger partial charge on any atom is -0.466 e. The zero-order valence-electron chi connectivity index (χ0n) is 15.0. The summed E-state index contributed by atoms with van der Waals surface area (Å²) in [5, 5.41) is 10.8. The average molecular weight is 427 g/mol. The summed E-state index contributed by atoms with van der Waals surface area (Å²) in [6.45, 7) is 5.00. The van der Waals surface area contributed by atoms with Crippen LogP contribution in [0.3, 0.4) is 0 Å². The van der Waals surface area contributed by atoms with E-state index in [1.807, 2.05) is 0 Å². The Morgan fingerprint density at radius 3 is 2.23 bits per heavy atom. The Hall–Kier alpha value is -1.73. The second-order valence-corrected chi connectivity index (χ2v) is 7.45. The first kappa shape index (κ1) is 20.6. The van der Waals surface area contributed by atoms with Gasteiger partial charge in [0.2, 0.25) is 0 Å². The number of Topliss-reactive ketones (excluding diaryl/α,β-unsaturated/α-hetero) is 1. The number of carbonyl (C=O) groups excluding carboxylic acids is 3. The van der Waals surface area contributed by atoms with Gasteiger partial charge in [0.25, 0.3) is 0 Å². The van der Waals surface area contributed by atoms with Crippen molar-refractivity contribution >= 4 is 33.7 Å². The van der Waals surface area contributed by atoms with Crippen LogP contribution in [-0.4, -0.2) is 41.6 Å². The van der Waals surface area contributed by atoms with Gasteiger partial charge in [0.15, 0.2) is 5.78 Å². The van der Waals surface area contributed by atoms with E-state index in [0.717, 1.165) is 4.47 Å². The van der Waals surface area contributed by atoms with Crippen LogP contribution >= 0.6 is 15.9 Å². The van der Waals surface area contributed by atoms with Crippen LogP contribution in [-0.2, 0) is 23.9 Å². The van der Waals surface area contributed by atoms with Crippen molar-refractivity contribution < 1.29 is 29.0 Å². The molecular weight excluding hydrogens is 404 g/mol. The normalized spacial score (nSPS) is 28.5. The van der Waals surface area contributed by atoms with E-state index in [2.05, 4.69) is 15.9 Å². The maximum atomic E-state index is 12.7. The van der Waals surface area contributed by atoms with E-state index < -0.39 is 41.1 Å². The SMILES string of the molecule is CCOC(=O)[C@@H]1C(=O)C[C@](C)(O)[C@H](C(=O)OCC)[C@H]1c1ccc(Br)cc1. The van der Waals surface area contributed by atoms with Crippen LogP contribution in [0.2, 0.25) is 0 Å². The third kappa shape index (κ3) is 4.15. The summed E-state index contributed by atoms with van der Waals surface area (Å²) in [6.07, 6.45) is -0.313. The molecule has 26 heavy (non-hydrogen) atoms. The van der Waals surface area contributed by atoms with E-state index in [1.54, 1.807) is 38.1 Å². The van der Waals surface area contributed by atoms with E-state index in [9.17, 15) is 19.5 Å². The smallest absolute Gasteiger partial charge is 0.317 e. The lowest BCUT2D eigenvalue weighted by Gasteiger charge is -2.43. The highest BCUT2D eigenvalue weighted by atomic mass is 79.9. The summed E-state index contributed by atoms with van der Waals surface area (Å²) < 4.78 is 11.0. The Labute approximate surface area is 161 Å². The molecule has 1 saturated carbocycles. The molecular formula is C19H23BrO6. The number of ether oxygens (including phenoxy) is 2. The Kier molecular flexibility index (Phi) is 6.58. The van der Waals surface area contributed by atoms with Crippen LogP contribution in [0.15, 0.2) is 28.7 Å². The van der Waals surface area contributed by atoms with Crippen LogP contribution in [0, 0.1) is 11.8 Å². The predicted molar refractivity (Wildman–Crippen MR) is 97.4 cm³/mol. The van der Waals surface area contributed by atoms with Crippen molar-refractivity contribution in [3.05, 3.63) is 34.3 Å². The van der Waals surface area contributed by atoms with Gasteiger partial charge in [0.1, 0.15) is 5.92 Å². The first-order chi connectivity index (χ1) is 12.2. The third-order valence-electron chi connectivity index (χ3n) is 4.60. The van der Waals surface area contributed by atoms with E-state index in [1.165, 1.54) is 6.92 Å². The lowest BCUT2D eigenvalue weighted by Crippen LogP contribution is -2.55. The van der Waals surface area contributed by atoms with Gasteiger partial charge in [0.05, 0.1) is 24.7 Å². The number of hydrogen-bond acceptors (Lipinski definition) is 6. The Morgan fingerprint density at radius 2 is 1.69 bits per heavy atom. The topological polar surface area (TPSA) is 89.9 Å². The Balaban J connectivity index is 2.59. The molecule has 0 unspecified atom stereocenters. The highest BCUT2D eigenvalue weighted by Gasteiger charge is 2.57. The van der Waals surface area contributed by atoms with Gasteiger partial charge < -0.3 is 14.6 Å². The molecule has 0 bridgehead atoms. The van der Waals surface area contributed by atoms with E-state index in [-0.39, 0.29) is 19.6 Å². The minimum atomic E-state index is -1.62. The second kappa shape index (κ2) is 8.31. The molecule has 6 nitrogen and oxygen atoms in total. The summed E-state index contributed by atoms with van der Waals surface area (Å²) in [5.41, 5.74) is -1.03. The number of ketones is 1. The Morgan fingerprint density at radius 1 is 1.15 bits per heavy atom. The molecule has 1 N–H and O–H groups in total. The van der Waals surface area contributed by atoms with Crippen LogP contribution in [0.5, 0.6) is 0 Å². The first-order valence-electron chi connectivity index (χ1n) is 8.56. The summed E-state index contributed by atoms with van der Waals surface area (Å²) >= 11 is 3.34. The van der Waals surface area contributed by atoms with Gasteiger partial charge in [-0.05, 0) is 38.5 Å². The number of esters is 2. The lowest BCUT2D eigenvalue weighted by atomic mass is 9.62. The molecule has 0 amide bonds. The molecule has 1 aromatic rings. The predicted octanol–water partition coefficient (Wildman–Crippen LogP) is 2.62. The van der Waals surface area contributed by atoms with Crippen LogP contribution in [0.1, 0.15) is 38.7 Å². The largest absolute Gasteiger partial charge is 0.466 e. The monoisotopic (exact) mass is 426 g/mol. The van der Waals surface area contributed by atoms with Crippen molar-refractivity contribution in [2.45, 2.75) is 38.7 Å². The second-order valence-electron chi connectivity index (χ2n) is 6.54. The van der Waals surface area contributed by atoms with Crippen molar-refractivity contribution in [2.24, 2.45) is 11.8 Å². The molecule has 4 atom stereocenters. The maximum absolute atomic E-state index is 12.7. The fourth-order valence-corrected chi connectivity index (χ4v) is 3.83. The zero-order valence-corrected chi connectivity index (χ0v) is 16.6. The van der Waals surface area contributed by atoms with Crippen molar-refractivity contribution in [1.29, 1.82) is 0 Å². The minimum absolute atomic E-state index is 0.121. The lowest BCUT2D eigenvalue weighted by molar-refractivity contribution is -0.172. The zero-order chi connectivity index (χ0) is 19.5. The number of benzene rings is 1. The maximum Gasteiger partial charge on any atom is 0.317 e. The van der Waals surface area contributed by atoms with Gasteiger partial charge in [-0.1, -0.05) is 28.1 Å². The molecule has 0 saturated heterocycles. The molecule has 1 aromatic carbocycles. The van der Waals surface area contributed by atoms with Crippen molar-refractivity contribution in [1.82, 2.24) is 0 Å². The molecule has 0 aliphatic heterocycles. The summed E-state index contributed by atoms with van der Waals surface area (Å²) in [4.78, 5) is 37.8. The van der Waals surface area contributed by atoms with Gasteiger partial charge in [-0.25, -0.2) is 0 Å². The molecule has 0 heterocycles. The molecule has 142 valence electrons. The molecule has 2 rings (SSSR count). The summed E-state index contributed by atoms with van der Waals surface area (Å²) in [6, 6.07) is 6.96. The van der Waals surface area contributed by atoms with Crippen LogP contribution < -0.4 is 0 Å². The third-order valence-corrected chi connectivity index (χ3v) is 5.13. The van der Waals surface area contributed by atoms with Gasteiger partial charge in [-0.2, -0.15) is 0 Å². The highest BCUT2D eigenvalue weighted by molar-refractivity contribution is 9.10. The first-order valence-corrected chi connectivity index (χ1v) is 9.36. The molecule has 0 radical (unpaired) electrons. The fourth-order valence-electron chi connectivity index (χ4n) is 3.56. The van der Waals surface area contributed by atoms with Crippen molar-refractivity contribution in [3.63, 3.8) is 0 Å². The van der Waals surface area contributed by atoms with Crippen molar-refractivity contribution in [2.75, 3.05) is 13.2 Å². The van der Waals surface area contributed by atoms with E-state index >= 15 is 0 Å². The molecule has 1 aliphatic rings. The summed E-state index contributed by atoms with van der Waals surface area (Å²) in [5.74, 6) is -4.84. The van der Waals surface area contributed by atoms with Gasteiger partial charge in [-0.15, -0.1) is 0 Å². The van der Waals surface area contributed by atoms with Crippen molar-refractivity contribution in [3.8, 4) is 0 Å². The van der Waals surface area contributed by atoms with E-state index in [4.69, 9.17) is 9.47 Å². The summed E-state index contributed by atoms with van der Waals surface area (Å²) in [7, 11) is 0. The quantitative estimate of drug-likeness (QED) is 0.574. The van der Waals surface area contributed by atoms with Gasteiger partial charge >= 0.3 is 11.9 Å².